The Morgan fingerprint density at radius 1 is 0.909 bits per heavy atom. The summed E-state index contributed by atoms with van der Waals surface area (Å²) in [6.45, 7) is 5.49. The average molecular weight is 454 g/mol. The summed E-state index contributed by atoms with van der Waals surface area (Å²) in [7, 11) is 3.31. The molecule has 33 heavy (non-hydrogen) atoms. The van der Waals surface area contributed by atoms with Crippen LogP contribution in [-0.2, 0) is 4.74 Å². The minimum Gasteiger partial charge on any atom is -0.497 e. The van der Waals surface area contributed by atoms with Crippen LogP contribution in [-0.4, -0.2) is 69.8 Å². The topological polar surface area (TPSA) is 109 Å². The van der Waals surface area contributed by atoms with Gasteiger partial charge in [0.05, 0.1) is 20.8 Å². The molecule has 0 saturated carbocycles. The quantitative estimate of drug-likeness (QED) is 0.569. The van der Waals surface area contributed by atoms with Crippen molar-refractivity contribution < 1.29 is 14.2 Å². The molecule has 4 rings (SSSR count). The zero-order valence-electron chi connectivity index (χ0n) is 19.2. The van der Waals surface area contributed by atoms with Crippen LogP contribution in [0.4, 0.5) is 11.4 Å². The Kier molecular flexibility index (Phi) is 6.85. The van der Waals surface area contributed by atoms with Crippen LogP contribution in [0.25, 0.3) is 0 Å². The number of ether oxygens (including phenoxy) is 3. The molecule has 4 N–H and O–H groups in total. The van der Waals surface area contributed by atoms with Crippen LogP contribution in [0.3, 0.4) is 0 Å². The number of nitrogens with one attached hydrogen (secondary N) is 2. The van der Waals surface area contributed by atoms with Gasteiger partial charge in [0.2, 0.25) is 11.9 Å². The van der Waals surface area contributed by atoms with E-state index in [4.69, 9.17) is 19.9 Å². The van der Waals surface area contributed by atoms with Crippen molar-refractivity contribution in [2.24, 2.45) is 15.7 Å². The number of nitrogens with zero attached hydrogens (tertiary/aromatic N) is 4. The first kappa shape index (κ1) is 22.7. The first-order valence-electron chi connectivity index (χ1n) is 11.0. The van der Waals surface area contributed by atoms with Crippen LogP contribution in [0.15, 0.2) is 58.5 Å². The van der Waals surface area contributed by atoms with Crippen molar-refractivity contribution in [1.29, 1.82) is 0 Å². The van der Waals surface area contributed by atoms with Crippen LogP contribution in [0, 0.1) is 0 Å². The van der Waals surface area contributed by atoms with Crippen LogP contribution < -0.4 is 30.7 Å². The smallest absolute Gasteiger partial charge is 0.324 e. The van der Waals surface area contributed by atoms with Crippen LogP contribution in [0.5, 0.6) is 11.5 Å². The van der Waals surface area contributed by atoms with Crippen LogP contribution >= 0.6 is 0 Å². The standard InChI is InChI=1S/C23H31N7O3/c1-4-33-23(24)27-21(25-17-5-9-19(31-2)10-6-17)26-22(28-23)30-15-13-29(14-16-30)18-7-11-20(32-3)12-8-18/h5-12H,4,13-16,24H2,1-3H3,(H2,25,26,27,28). The van der Waals surface area contributed by atoms with Gasteiger partial charge in [-0.15, -0.1) is 0 Å². The van der Waals surface area contributed by atoms with Crippen LogP contribution in [0.2, 0.25) is 0 Å². The SMILES string of the molecule is CCOC1(N)N=C(Nc2ccc(OC)cc2)NC(N2CCN(c3ccc(OC)cc3)CC2)=N1. The second-order valence-electron chi connectivity index (χ2n) is 7.64. The summed E-state index contributed by atoms with van der Waals surface area (Å²) in [6, 6.07) is 15.7. The van der Waals surface area contributed by atoms with Crippen molar-refractivity contribution >= 4 is 23.3 Å². The van der Waals surface area contributed by atoms with E-state index in [1.54, 1.807) is 14.2 Å². The maximum absolute atomic E-state index is 6.36. The molecule has 2 aromatic carbocycles. The van der Waals surface area contributed by atoms with E-state index in [0.717, 1.165) is 43.4 Å². The summed E-state index contributed by atoms with van der Waals surface area (Å²) >= 11 is 0. The van der Waals surface area contributed by atoms with Gasteiger partial charge in [-0.25, -0.2) is 0 Å². The van der Waals surface area contributed by atoms with Gasteiger partial charge in [0.25, 0.3) is 0 Å². The Balaban J connectivity index is 1.44. The fraction of sp³-hybridized carbons (Fsp3) is 0.391. The molecule has 176 valence electrons. The number of piperazine rings is 1. The first-order valence-corrected chi connectivity index (χ1v) is 11.0. The molecule has 0 bridgehead atoms. The Morgan fingerprint density at radius 3 is 2.06 bits per heavy atom. The minimum absolute atomic E-state index is 0.387. The van der Waals surface area contributed by atoms with E-state index in [0.29, 0.717) is 18.5 Å². The van der Waals surface area contributed by atoms with Gasteiger partial charge < -0.3 is 29.3 Å². The molecule has 0 radical (unpaired) electrons. The number of anilines is 2. The second kappa shape index (κ2) is 9.97. The third-order valence-corrected chi connectivity index (χ3v) is 5.49. The lowest BCUT2D eigenvalue weighted by molar-refractivity contribution is -0.0230. The molecule has 0 amide bonds. The average Bonchev–Trinajstić information content (AvgIpc) is 2.84. The summed E-state index contributed by atoms with van der Waals surface area (Å²) in [6.07, 6.45) is 0. The molecule has 1 fully saturated rings. The number of hydrogen-bond donors (Lipinski definition) is 3. The highest BCUT2D eigenvalue weighted by Crippen LogP contribution is 2.22. The number of hydrogen-bond acceptors (Lipinski definition) is 10. The normalized spacial score (nSPS) is 20.5. The summed E-state index contributed by atoms with van der Waals surface area (Å²) in [5, 5.41) is 6.53. The highest BCUT2D eigenvalue weighted by molar-refractivity contribution is 6.06. The lowest BCUT2D eigenvalue weighted by Gasteiger charge is -2.39. The monoisotopic (exact) mass is 453 g/mol. The van der Waals surface area contributed by atoms with E-state index < -0.39 is 5.97 Å². The van der Waals surface area contributed by atoms with Gasteiger partial charge in [0.15, 0.2) is 0 Å². The number of nitrogens with two attached hydrogens (primary N) is 1. The maximum atomic E-state index is 6.36. The maximum Gasteiger partial charge on any atom is 0.324 e. The molecule has 10 nitrogen and oxygen atoms in total. The van der Waals surface area contributed by atoms with E-state index in [-0.39, 0.29) is 0 Å². The number of benzene rings is 2. The van der Waals surface area contributed by atoms with Crippen molar-refractivity contribution in [2.75, 3.05) is 57.2 Å². The largest absolute Gasteiger partial charge is 0.497 e. The third kappa shape index (κ3) is 5.47. The Hall–Kier alpha value is -3.50. The van der Waals surface area contributed by atoms with Crippen molar-refractivity contribution in [3.63, 3.8) is 0 Å². The Labute approximate surface area is 194 Å². The summed E-state index contributed by atoms with van der Waals surface area (Å²) < 4.78 is 16.1. The van der Waals surface area contributed by atoms with E-state index in [1.807, 2.05) is 43.3 Å². The van der Waals surface area contributed by atoms with Gasteiger partial charge in [0, 0.05) is 37.6 Å². The molecule has 1 saturated heterocycles. The molecule has 1 unspecified atom stereocenters. The zero-order valence-corrected chi connectivity index (χ0v) is 19.2. The first-order chi connectivity index (χ1) is 16.0. The van der Waals surface area contributed by atoms with E-state index in [9.17, 15) is 0 Å². The Morgan fingerprint density at radius 2 is 1.48 bits per heavy atom. The van der Waals surface area contributed by atoms with Gasteiger partial charge in [-0.2, -0.15) is 9.98 Å². The van der Waals surface area contributed by atoms with Crippen molar-refractivity contribution in [3.05, 3.63) is 48.5 Å². The minimum atomic E-state index is -1.49. The highest BCUT2D eigenvalue weighted by Gasteiger charge is 2.33. The summed E-state index contributed by atoms with van der Waals surface area (Å²) in [5.74, 6) is 1.24. The molecule has 0 aromatic heterocycles. The number of aliphatic imine (C=N–C) groups is 2. The van der Waals surface area contributed by atoms with E-state index >= 15 is 0 Å². The molecular formula is C23H31N7O3. The van der Waals surface area contributed by atoms with E-state index in [2.05, 4.69) is 42.6 Å². The molecule has 10 heteroatoms. The number of rotatable bonds is 6. The molecule has 2 aliphatic rings. The molecule has 0 spiro atoms. The Bertz CT molecular complexity index is 986. The lowest BCUT2D eigenvalue weighted by atomic mass is 10.2. The van der Waals surface area contributed by atoms with Gasteiger partial charge in [-0.1, -0.05) is 0 Å². The van der Waals surface area contributed by atoms with Gasteiger partial charge in [-0.3, -0.25) is 11.1 Å². The van der Waals surface area contributed by atoms with Crippen LogP contribution in [0.1, 0.15) is 6.92 Å². The van der Waals surface area contributed by atoms with Gasteiger partial charge in [-0.05, 0) is 55.5 Å². The van der Waals surface area contributed by atoms with Crippen molar-refractivity contribution in [3.8, 4) is 11.5 Å². The second-order valence-corrected chi connectivity index (χ2v) is 7.64. The fourth-order valence-electron chi connectivity index (χ4n) is 3.77. The molecule has 2 aliphatic heterocycles. The fourth-order valence-corrected chi connectivity index (χ4v) is 3.77. The van der Waals surface area contributed by atoms with Crippen molar-refractivity contribution in [2.45, 2.75) is 12.9 Å². The highest BCUT2D eigenvalue weighted by atomic mass is 16.5. The number of methoxy groups -OCH3 is 2. The van der Waals surface area contributed by atoms with Crippen molar-refractivity contribution in [1.82, 2.24) is 10.2 Å². The lowest BCUT2D eigenvalue weighted by Crippen LogP contribution is -2.59. The third-order valence-electron chi connectivity index (χ3n) is 5.49. The number of guanidine groups is 2. The summed E-state index contributed by atoms with van der Waals surface area (Å²) in [4.78, 5) is 13.5. The molecule has 2 aromatic rings. The predicted molar refractivity (Wildman–Crippen MR) is 130 cm³/mol. The molecular weight excluding hydrogens is 422 g/mol. The van der Waals surface area contributed by atoms with Gasteiger partial charge in [0.1, 0.15) is 11.5 Å². The van der Waals surface area contributed by atoms with E-state index in [1.165, 1.54) is 5.69 Å². The van der Waals surface area contributed by atoms with Gasteiger partial charge >= 0.3 is 5.97 Å². The molecule has 0 aliphatic carbocycles. The summed E-state index contributed by atoms with van der Waals surface area (Å²) in [5.41, 5.74) is 8.36. The molecule has 1 atom stereocenters. The predicted octanol–water partition coefficient (Wildman–Crippen LogP) is 1.86. The zero-order chi connectivity index (χ0) is 23.3. The molecule has 2 heterocycles.